The fourth-order valence-electron chi connectivity index (χ4n) is 1.49. The first-order chi connectivity index (χ1) is 8.22. The zero-order valence-electron chi connectivity index (χ0n) is 9.74. The molecule has 2 aromatic rings. The maximum Gasteiger partial charge on any atom is 0.163 e. The van der Waals surface area contributed by atoms with E-state index in [4.69, 9.17) is 0 Å². The van der Waals surface area contributed by atoms with Gasteiger partial charge >= 0.3 is 0 Å². The van der Waals surface area contributed by atoms with Crippen molar-refractivity contribution in [2.45, 2.75) is 13.8 Å². The van der Waals surface area contributed by atoms with Gasteiger partial charge in [0, 0.05) is 30.7 Å². The third kappa shape index (κ3) is 2.61. The third-order valence-electron chi connectivity index (χ3n) is 2.37. The van der Waals surface area contributed by atoms with Gasteiger partial charge < -0.3 is 5.32 Å². The number of nitrogens with zero attached hydrogens (tertiary/aromatic N) is 3. The van der Waals surface area contributed by atoms with Crippen molar-refractivity contribution in [2.24, 2.45) is 0 Å². The summed E-state index contributed by atoms with van der Waals surface area (Å²) >= 11 is 3.42. The van der Waals surface area contributed by atoms with Crippen LogP contribution in [0.2, 0.25) is 0 Å². The van der Waals surface area contributed by atoms with Gasteiger partial charge in [0.2, 0.25) is 0 Å². The molecule has 0 fully saturated rings. The molecule has 0 unspecified atom stereocenters. The standard InChI is InChI=1S/C12H13BrN4/c1-3-15-12-10(13)7-16-11(17-12)9-6-14-5-4-8(9)2/h4-7H,3H2,1-2H3,(H,15,16,17). The molecule has 0 amide bonds. The number of pyridine rings is 1. The number of anilines is 1. The largest absolute Gasteiger partial charge is 0.369 e. The summed E-state index contributed by atoms with van der Waals surface area (Å²) in [7, 11) is 0. The van der Waals surface area contributed by atoms with Crippen LogP contribution in [-0.2, 0) is 0 Å². The summed E-state index contributed by atoms with van der Waals surface area (Å²) in [6, 6.07) is 1.95. The van der Waals surface area contributed by atoms with E-state index in [1.165, 1.54) is 0 Å². The first-order valence-electron chi connectivity index (χ1n) is 5.39. The molecule has 0 aliphatic carbocycles. The van der Waals surface area contributed by atoms with Crippen molar-refractivity contribution in [3.8, 4) is 11.4 Å². The maximum absolute atomic E-state index is 4.48. The lowest BCUT2D eigenvalue weighted by atomic mass is 10.1. The second-order valence-electron chi connectivity index (χ2n) is 3.61. The third-order valence-corrected chi connectivity index (χ3v) is 2.95. The van der Waals surface area contributed by atoms with Crippen LogP contribution in [0.15, 0.2) is 29.1 Å². The van der Waals surface area contributed by atoms with Crippen molar-refractivity contribution in [1.29, 1.82) is 0 Å². The van der Waals surface area contributed by atoms with Crippen molar-refractivity contribution in [1.82, 2.24) is 15.0 Å². The van der Waals surface area contributed by atoms with Crippen molar-refractivity contribution >= 4 is 21.7 Å². The van der Waals surface area contributed by atoms with Gasteiger partial charge in [-0.2, -0.15) is 0 Å². The van der Waals surface area contributed by atoms with Crippen LogP contribution in [0.1, 0.15) is 12.5 Å². The minimum absolute atomic E-state index is 0.690. The van der Waals surface area contributed by atoms with E-state index in [2.05, 4.69) is 36.2 Å². The molecule has 0 spiro atoms. The molecule has 0 atom stereocenters. The number of aromatic nitrogens is 3. The monoisotopic (exact) mass is 292 g/mol. The van der Waals surface area contributed by atoms with E-state index >= 15 is 0 Å². The van der Waals surface area contributed by atoms with E-state index in [0.29, 0.717) is 5.82 Å². The summed E-state index contributed by atoms with van der Waals surface area (Å²) in [5.41, 5.74) is 2.07. The Hall–Kier alpha value is -1.49. The van der Waals surface area contributed by atoms with Crippen LogP contribution in [0.5, 0.6) is 0 Å². The molecular weight excluding hydrogens is 280 g/mol. The second-order valence-corrected chi connectivity index (χ2v) is 4.47. The number of halogens is 1. The van der Waals surface area contributed by atoms with Gasteiger partial charge in [-0.3, -0.25) is 4.98 Å². The lowest BCUT2D eigenvalue weighted by molar-refractivity contribution is 1.10. The molecule has 5 heteroatoms. The molecule has 0 saturated carbocycles. The Labute approximate surface area is 109 Å². The van der Waals surface area contributed by atoms with Gasteiger partial charge in [0.25, 0.3) is 0 Å². The predicted octanol–water partition coefficient (Wildman–Crippen LogP) is 3.04. The minimum Gasteiger partial charge on any atom is -0.369 e. The number of aryl methyl sites for hydroxylation is 1. The molecule has 17 heavy (non-hydrogen) atoms. The molecule has 0 aromatic carbocycles. The molecule has 2 aromatic heterocycles. The molecule has 0 aliphatic heterocycles. The number of hydrogen-bond donors (Lipinski definition) is 1. The second kappa shape index (κ2) is 5.23. The lowest BCUT2D eigenvalue weighted by Crippen LogP contribution is -2.02. The van der Waals surface area contributed by atoms with Crippen LogP contribution in [0.3, 0.4) is 0 Å². The highest BCUT2D eigenvalue weighted by Gasteiger charge is 2.08. The van der Waals surface area contributed by atoms with Gasteiger partial charge in [-0.1, -0.05) is 0 Å². The van der Waals surface area contributed by atoms with E-state index in [-0.39, 0.29) is 0 Å². The Balaban J connectivity index is 2.46. The summed E-state index contributed by atoms with van der Waals surface area (Å²) in [6.07, 6.45) is 5.31. The highest BCUT2D eigenvalue weighted by Crippen LogP contribution is 2.24. The Morgan fingerprint density at radius 2 is 2.18 bits per heavy atom. The van der Waals surface area contributed by atoms with Gasteiger partial charge in [0.05, 0.1) is 4.47 Å². The van der Waals surface area contributed by atoms with Gasteiger partial charge in [-0.15, -0.1) is 0 Å². The molecule has 0 bridgehead atoms. The molecular formula is C12H13BrN4. The van der Waals surface area contributed by atoms with Gasteiger partial charge in [0.15, 0.2) is 5.82 Å². The van der Waals surface area contributed by atoms with Crippen molar-refractivity contribution < 1.29 is 0 Å². The predicted molar refractivity (Wildman–Crippen MR) is 71.9 cm³/mol. The van der Waals surface area contributed by atoms with Crippen molar-refractivity contribution in [2.75, 3.05) is 11.9 Å². The lowest BCUT2D eigenvalue weighted by Gasteiger charge is -2.08. The van der Waals surface area contributed by atoms with E-state index < -0.39 is 0 Å². The highest BCUT2D eigenvalue weighted by atomic mass is 79.9. The highest BCUT2D eigenvalue weighted by molar-refractivity contribution is 9.10. The minimum atomic E-state index is 0.690. The summed E-state index contributed by atoms with van der Waals surface area (Å²) in [5.74, 6) is 1.50. The molecule has 2 heterocycles. The summed E-state index contributed by atoms with van der Waals surface area (Å²) in [5, 5.41) is 3.19. The number of nitrogens with one attached hydrogen (secondary N) is 1. The fraction of sp³-hybridized carbons (Fsp3) is 0.250. The molecule has 4 nitrogen and oxygen atoms in total. The topological polar surface area (TPSA) is 50.7 Å². The Morgan fingerprint density at radius 1 is 1.35 bits per heavy atom. The molecule has 1 N–H and O–H groups in total. The summed E-state index contributed by atoms with van der Waals surface area (Å²) in [6.45, 7) is 4.87. The smallest absolute Gasteiger partial charge is 0.163 e. The van der Waals surface area contributed by atoms with Crippen LogP contribution < -0.4 is 5.32 Å². The summed E-state index contributed by atoms with van der Waals surface area (Å²) < 4.78 is 0.865. The van der Waals surface area contributed by atoms with Crippen LogP contribution in [0.25, 0.3) is 11.4 Å². The van der Waals surface area contributed by atoms with Gasteiger partial charge in [-0.05, 0) is 41.4 Å². The average Bonchev–Trinajstić information content (AvgIpc) is 2.33. The number of rotatable bonds is 3. The van der Waals surface area contributed by atoms with Crippen LogP contribution in [-0.4, -0.2) is 21.5 Å². The molecule has 88 valence electrons. The zero-order valence-corrected chi connectivity index (χ0v) is 11.3. The van der Waals surface area contributed by atoms with Crippen molar-refractivity contribution in [3.05, 3.63) is 34.7 Å². The molecule has 2 rings (SSSR count). The number of hydrogen-bond acceptors (Lipinski definition) is 4. The van der Waals surface area contributed by atoms with Crippen molar-refractivity contribution in [3.63, 3.8) is 0 Å². The normalized spacial score (nSPS) is 10.3. The van der Waals surface area contributed by atoms with E-state index in [1.807, 2.05) is 19.9 Å². The van der Waals surface area contributed by atoms with E-state index in [1.54, 1.807) is 18.6 Å². The maximum atomic E-state index is 4.48. The van der Waals surface area contributed by atoms with Crippen LogP contribution in [0, 0.1) is 6.92 Å². The quantitative estimate of drug-likeness (QED) is 0.945. The summed E-state index contributed by atoms with van der Waals surface area (Å²) in [4.78, 5) is 12.9. The first-order valence-corrected chi connectivity index (χ1v) is 6.19. The van der Waals surface area contributed by atoms with Gasteiger partial charge in [-0.25, -0.2) is 9.97 Å². The fourth-order valence-corrected chi connectivity index (χ4v) is 1.82. The molecule has 0 aliphatic rings. The van der Waals surface area contributed by atoms with E-state index in [0.717, 1.165) is 28.0 Å². The Kier molecular flexibility index (Phi) is 3.68. The zero-order chi connectivity index (χ0) is 12.3. The molecule has 0 saturated heterocycles. The van der Waals surface area contributed by atoms with Crippen LogP contribution in [0.4, 0.5) is 5.82 Å². The van der Waals surface area contributed by atoms with E-state index in [9.17, 15) is 0 Å². The Morgan fingerprint density at radius 3 is 2.88 bits per heavy atom. The van der Waals surface area contributed by atoms with Gasteiger partial charge in [0.1, 0.15) is 5.82 Å². The first kappa shape index (κ1) is 12.0. The average molecular weight is 293 g/mol. The molecule has 0 radical (unpaired) electrons. The SMILES string of the molecule is CCNc1nc(-c2cnccc2C)ncc1Br. The van der Waals surface area contributed by atoms with Crippen LogP contribution >= 0.6 is 15.9 Å². The Bertz CT molecular complexity index is 528.